The van der Waals surface area contributed by atoms with Gasteiger partial charge in [0.15, 0.2) is 0 Å². The van der Waals surface area contributed by atoms with Crippen molar-refractivity contribution in [2.75, 3.05) is 0 Å². The van der Waals surface area contributed by atoms with Crippen molar-refractivity contribution in [3.8, 4) is 0 Å². The predicted molar refractivity (Wildman–Crippen MR) is 89.9 cm³/mol. The summed E-state index contributed by atoms with van der Waals surface area (Å²) in [5.41, 5.74) is 2.46. The van der Waals surface area contributed by atoms with Crippen LogP contribution >= 0.6 is 11.3 Å². The summed E-state index contributed by atoms with van der Waals surface area (Å²) in [6.07, 6.45) is 2.06. The quantitative estimate of drug-likeness (QED) is 0.773. The summed E-state index contributed by atoms with van der Waals surface area (Å²) in [4.78, 5) is 1.41. The fourth-order valence-corrected chi connectivity index (χ4v) is 3.64. The molecule has 0 aliphatic heterocycles. The third-order valence-corrected chi connectivity index (χ3v) is 4.76. The lowest BCUT2D eigenvalue weighted by Gasteiger charge is -2.09. The number of nitrogens with one attached hydrogen (secondary N) is 1. The summed E-state index contributed by atoms with van der Waals surface area (Å²) in [6.45, 7) is 8.16. The van der Waals surface area contributed by atoms with E-state index in [4.69, 9.17) is 0 Å². The van der Waals surface area contributed by atoms with Crippen molar-refractivity contribution in [1.82, 2.24) is 15.1 Å². The van der Waals surface area contributed by atoms with Crippen molar-refractivity contribution < 1.29 is 0 Å². The minimum atomic E-state index is 0.495. The zero-order valence-electron chi connectivity index (χ0n) is 12.8. The SMILES string of the molecule is Cc1ccn(Cc2c(CNC(C)C)sc3ccccc23)n1. The Hall–Kier alpha value is -1.65. The molecular formula is C17H21N3S. The molecule has 4 heteroatoms. The van der Waals surface area contributed by atoms with Gasteiger partial charge in [-0.2, -0.15) is 5.10 Å². The van der Waals surface area contributed by atoms with E-state index < -0.39 is 0 Å². The minimum absolute atomic E-state index is 0.495. The standard InChI is InChI=1S/C17H21N3S/c1-12(2)18-10-17-15(11-20-9-8-13(3)19-20)14-6-4-5-7-16(14)21-17/h4-9,12,18H,10-11H2,1-3H3. The molecule has 1 aromatic carbocycles. The van der Waals surface area contributed by atoms with Crippen LogP contribution in [0, 0.1) is 6.92 Å². The van der Waals surface area contributed by atoms with E-state index in [0.29, 0.717) is 6.04 Å². The third kappa shape index (κ3) is 3.17. The molecule has 0 bridgehead atoms. The molecule has 3 rings (SSSR count). The summed E-state index contributed by atoms with van der Waals surface area (Å²) in [7, 11) is 0. The van der Waals surface area contributed by atoms with Crippen LogP contribution in [0.1, 0.15) is 30.0 Å². The van der Waals surface area contributed by atoms with Crippen LogP contribution in [-0.4, -0.2) is 15.8 Å². The molecule has 0 radical (unpaired) electrons. The molecule has 0 atom stereocenters. The van der Waals surface area contributed by atoms with Gasteiger partial charge >= 0.3 is 0 Å². The summed E-state index contributed by atoms with van der Waals surface area (Å²) in [6, 6.07) is 11.2. The van der Waals surface area contributed by atoms with Gasteiger partial charge in [-0.3, -0.25) is 4.68 Å². The molecule has 1 N–H and O–H groups in total. The van der Waals surface area contributed by atoms with Crippen LogP contribution in [0.3, 0.4) is 0 Å². The van der Waals surface area contributed by atoms with E-state index in [9.17, 15) is 0 Å². The van der Waals surface area contributed by atoms with Gasteiger partial charge in [-0.25, -0.2) is 0 Å². The van der Waals surface area contributed by atoms with E-state index in [1.54, 1.807) is 0 Å². The summed E-state index contributed by atoms with van der Waals surface area (Å²) < 4.78 is 3.39. The maximum Gasteiger partial charge on any atom is 0.0676 e. The van der Waals surface area contributed by atoms with Gasteiger partial charge in [0.2, 0.25) is 0 Å². The highest BCUT2D eigenvalue weighted by Gasteiger charge is 2.13. The first-order valence-electron chi connectivity index (χ1n) is 7.36. The van der Waals surface area contributed by atoms with Crippen molar-refractivity contribution in [2.45, 2.75) is 39.9 Å². The van der Waals surface area contributed by atoms with Crippen molar-refractivity contribution in [3.05, 3.63) is 52.7 Å². The number of nitrogens with zero attached hydrogens (tertiary/aromatic N) is 2. The van der Waals surface area contributed by atoms with Crippen LogP contribution in [0.2, 0.25) is 0 Å². The van der Waals surface area contributed by atoms with Crippen LogP contribution in [0.15, 0.2) is 36.5 Å². The van der Waals surface area contributed by atoms with Crippen molar-refractivity contribution >= 4 is 21.4 Å². The highest BCUT2D eigenvalue weighted by atomic mass is 32.1. The molecule has 0 aliphatic carbocycles. The number of fused-ring (bicyclic) bond motifs is 1. The van der Waals surface area contributed by atoms with Gasteiger partial charge in [0, 0.05) is 28.4 Å². The highest BCUT2D eigenvalue weighted by molar-refractivity contribution is 7.19. The van der Waals surface area contributed by atoms with Crippen LogP contribution in [0.4, 0.5) is 0 Å². The van der Waals surface area contributed by atoms with Crippen molar-refractivity contribution in [2.24, 2.45) is 0 Å². The molecule has 110 valence electrons. The number of thiophene rings is 1. The van der Waals surface area contributed by atoms with E-state index in [0.717, 1.165) is 18.8 Å². The Morgan fingerprint density at radius 3 is 2.76 bits per heavy atom. The molecule has 0 saturated heterocycles. The van der Waals surface area contributed by atoms with Crippen molar-refractivity contribution in [3.63, 3.8) is 0 Å². The normalized spacial score (nSPS) is 11.6. The van der Waals surface area contributed by atoms with E-state index in [-0.39, 0.29) is 0 Å². The predicted octanol–water partition coefficient (Wildman–Crippen LogP) is 3.95. The number of aromatic nitrogens is 2. The van der Waals surface area contributed by atoms with Crippen LogP contribution in [0.5, 0.6) is 0 Å². The van der Waals surface area contributed by atoms with E-state index in [1.807, 2.05) is 22.9 Å². The Morgan fingerprint density at radius 2 is 2.05 bits per heavy atom. The number of hydrogen-bond acceptors (Lipinski definition) is 3. The van der Waals surface area contributed by atoms with Gasteiger partial charge in [0.25, 0.3) is 0 Å². The molecule has 3 nitrogen and oxygen atoms in total. The maximum absolute atomic E-state index is 4.53. The topological polar surface area (TPSA) is 29.9 Å². The summed E-state index contributed by atoms with van der Waals surface area (Å²) >= 11 is 1.89. The second-order valence-corrected chi connectivity index (χ2v) is 6.83. The molecule has 21 heavy (non-hydrogen) atoms. The zero-order chi connectivity index (χ0) is 14.8. The number of hydrogen-bond donors (Lipinski definition) is 1. The van der Waals surface area contributed by atoms with Gasteiger partial charge in [0.05, 0.1) is 12.2 Å². The van der Waals surface area contributed by atoms with Crippen LogP contribution < -0.4 is 5.32 Å². The van der Waals surface area contributed by atoms with E-state index in [2.05, 4.69) is 60.8 Å². The second-order valence-electron chi connectivity index (χ2n) is 5.69. The lowest BCUT2D eigenvalue weighted by atomic mass is 10.1. The Morgan fingerprint density at radius 1 is 1.24 bits per heavy atom. The fourth-order valence-electron chi connectivity index (χ4n) is 2.48. The first-order chi connectivity index (χ1) is 10.1. The largest absolute Gasteiger partial charge is 0.310 e. The molecule has 0 fully saturated rings. The van der Waals surface area contributed by atoms with E-state index in [1.165, 1.54) is 20.5 Å². The smallest absolute Gasteiger partial charge is 0.0676 e. The van der Waals surface area contributed by atoms with Gasteiger partial charge in [0.1, 0.15) is 0 Å². The molecule has 0 aliphatic rings. The number of benzene rings is 1. The molecule has 0 amide bonds. The molecule has 3 aromatic rings. The highest BCUT2D eigenvalue weighted by Crippen LogP contribution is 2.31. The van der Waals surface area contributed by atoms with Crippen LogP contribution in [0.25, 0.3) is 10.1 Å². The molecule has 2 aromatic heterocycles. The van der Waals surface area contributed by atoms with Gasteiger partial charge in [-0.15, -0.1) is 11.3 Å². The Kier molecular flexibility index (Phi) is 4.08. The molecule has 2 heterocycles. The summed E-state index contributed by atoms with van der Waals surface area (Å²) in [5.74, 6) is 0. The first-order valence-corrected chi connectivity index (χ1v) is 8.18. The Labute approximate surface area is 129 Å². The molecule has 0 saturated carbocycles. The molecule has 0 unspecified atom stereocenters. The lowest BCUT2D eigenvalue weighted by molar-refractivity contribution is 0.588. The van der Waals surface area contributed by atoms with Gasteiger partial charge in [-0.1, -0.05) is 32.0 Å². The molecular weight excluding hydrogens is 278 g/mol. The maximum atomic E-state index is 4.53. The number of rotatable bonds is 5. The van der Waals surface area contributed by atoms with Gasteiger partial charge in [-0.05, 0) is 30.0 Å². The minimum Gasteiger partial charge on any atom is -0.310 e. The lowest BCUT2D eigenvalue weighted by Crippen LogP contribution is -2.22. The fraction of sp³-hybridized carbons (Fsp3) is 0.353. The average Bonchev–Trinajstić information content (AvgIpc) is 3.01. The van der Waals surface area contributed by atoms with Crippen LogP contribution in [-0.2, 0) is 13.1 Å². The third-order valence-electron chi connectivity index (χ3n) is 3.55. The van der Waals surface area contributed by atoms with Gasteiger partial charge < -0.3 is 5.32 Å². The second kappa shape index (κ2) is 6.00. The van der Waals surface area contributed by atoms with Crippen molar-refractivity contribution in [1.29, 1.82) is 0 Å². The molecule has 0 spiro atoms. The summed E-state index contributed by atoms with van der Waals surface area (Å²) in [5, 5.41) is 9.42. The van der Waals surface area contributed by atoms with E-state index >= 15 is 0 Å². The Balaban J connectivity index is 1.98. The number of aryl methyl sites for hydroxylation is 1. The zero-order valence-corrected chi connectivity index (χ0v) is 13.6. The monoisotopic (exact) mass is 299 g/mol. The Bertz CT molecular complexity index is 739. The average molecular weight is 299 g/mol. The first kappa shape index (κ1) is 14.3.